The van der Waals surface area contributed by atoms with Gasteiger partial charge in [0.15, 0.2) is 5.65 Å². The number of fused-ring (bicyclic) bond motifs is 1. The third-order valence-corrected chi connectivity index (χ3v) is 7.39. The lowest BCUT2D eigenvalue weighted by molar-refractivity contribution is 0.0611. The summed E-state index contributed by atoms with van der Waals surface area (Å²) in [7, 11) is 0. The maximum absolute atomic E-state index is 13.2. The fourth-order valence-electron chi connectivity index (χ4n) is 4.80. The van der Waals surface area contributed by atoms with Crippen LogP contribution in [-0.4, -0.2) is 45.0 Å². The molecular weight excluding hydrogens is 394 g/mol. The van der Waals surface area contributed by atoms with Gasteiger partial charge in [0.1, 0.15) is 5.82 Å². The second-order valence-electron chi connectivity index (χ2n) is 8.88. The lowest BCUT2D eigenvalue weighted by atomic mass is 9.99. The number of thiophene rings is 1. The first-order chi connectivity index (χ1) is 14.5. The molecule has 0 N–H and O–H groups in total. The number of hydrogen-bond acceptors (Lipinski definition) is 5. The van der Waals surface area contributed by atoms with Crippen molar-refractivity contribution >= 4 is 28.7 Å². The Morgan fingerprint density at radius 3 is 2.77 bits per heavy atom. The highest BCUT2D eigenvalue weighted by atomic mass is 32.1. The SMILES string of the molecule is Cc1ccc(C(=O)N2CCCC[C@H]2c2cc3nc(N4CC[C@H](C)C4)c(C)cn3n2)s1. The zero-order valence-corrected chi connectivity index (χ0v) is 18.8. The maximum Gasteiger partial charge on any atom is 0.264 e. The molecule has 2 aliphatic rings. The highest BCUT2D eigenvalue weighted by Crippen LogP contribution is 2.33. The van der Waals surface area contributed by atoms with E-state index in [4.69, 9.17) is 10.1 Å². The van der Waals surface area contributed by atoms with Crippen molar-refractivity contribution in [3.63, 3.8) is 0 Å². The predicted molar refractivity (Wildman–Crippen MR) is 120 cm³/mol. The summed E-state index contributed by atoms with van der Waals surface area (Å²) in [5.41, 5.74) is 2.97. The number of anilines is 1. The van der Waals surface area contributed by atoms with Crippen LogP contribution in [0, 0.1) is 19.8 Å². The molecule has 0 aromatic carbocycles. The summed E-state index contributed by atoms with van der Waals surface area (Å²) in [5, 5.41) is 4.86. The number of aromatic nitrogens is 3. The number of aryl methyl sites for hydroxylation is 2. The lowest BCUT2D eigenvalue weighted by Gasteiger charge is -2.34. The first kappa shape index (κ1) is 19.5. The number of likely N-dealkylation sites (tertiary alicyclic amines) is 1. The van der Waals surface area contributed by atoms with E-state index in [1.54, 1.807) is 11.3 Å². The van der Waals surface area contributed by atoms with Crippen LogP contribution in [0.2, 0.25) is 0 Å². The molecule has 0 spiro atoms. The smallest absolute Gasteiger partial charge is 0.264 e. The second-order valence-corrected chi connectivity index (χ2v) is 10.2. The van der Waals surface area contributed by atoms with Crippen LogP contribution in [0.25, 0.3) is 5.65 Å². The van der Waals surface area contributed by atoms with E-state index in [0.29, 0.717) is 5.92 Å². The van der Waals surface area contributed by atoms with E-state index in [1.807, 2.05) is 28.5 Å². The lowest BCUT2D eigenvalue weighted by Crippen LogP contribution is -2.38. The molecule has 5 rings (SSSR count). The van der Waals surface area contributed by atoms with Crippen LogP contribution < -0.4 is 4.90 Å². The topological polar surface area (TPSA) is 53.7 Å². The zero-order chi connectivity index (χ0) is 20.8. The normalized spacial score (nSPS) is 22.2. The van der Waals surface area contributed by atoms with Crippen LogP contribution in [0.1, 0.15) is 64.5 Å². The van der Waals surface area contributed by atoms with Gasteiger partial charge in [-0.05, 0) is 57.6 Å². The van der Waals surface area contributed by atoms with E-state index in [9.17, 15) is 4.79 Å². The van der Waals surface area contributed by atoms with Gasteiger partial charge in [-0.2, -0.15) is 5.10 Å². The van der Waals surface area contributed by atoms with Crippen LogP contribution in [0.4, 0.5) is 5.82 Å². The molecule has 6 nitrogen and oxygen atoms in total. The van der Waals surface area contributed by atoms with Crippen molar-refractivity contribution in [2.24, 2.45) is 5.92 Å². The number of rotatable bonds is 3. The first-order valence-corrected chi connectivity index (χ1v) is 11.8. The average Bonchev–Trinajstić information content (AvgIpc) is 3.46. The third kappa shape index (κ3) is 3.49. The Balaban J connectivity index is 1.47. The Morgan fingerprint density at radius 2 is 2.03 bits per heavy atom. The van der Waals surface area contributed by atoms with Gasteiger partial charge in [-0.25, -0.2) is 9.50 Å². The Bertz CT molecular complexity index is 1090. The molecule has 158 valence electrons. The minimum Gasteiger partial charge on any atom is -0.356 e. The molecule has 0 radical (unpaired) electrons. The van der Waals surface area contributed by atoms with Crippen molar-refractivity contribution in [1.29, 1.82) is 0 Å². The van der Waals surface area contributed by atoms with Crippen molar-refractivity contribution in [2.75, 3.05) is 24.5 Å². The van der Waals surface area contributed by atoms with Gasteiger partial charge in [-0.15, -0.1) is 11.3 Å². The highest BCUT2D eigenvalue weighted by molar-refractivity contribution is 7.13. The molecule has 3 aromatic rings. The van der Waals surface area contributed by atoms with Crippen molar-refractivity contribution < 1.29 is 4.79 Å². The summed E-state index contributed by atoms with van der Waals surface area (Å²) in [6.45, 7) is 9.38. The Kier molecular flexibility index (Phi) is 5.01. The first-order valence-electron chi connectivity index (χ1n) is 11.0. The van der Waals surface area contributed by atoms with Crippen LogP contribution >= 0.6 is 11.3 Å². The molecule has 30 heavy (non-hydrogen) atoms. The summed E-state index contributed by atoms with van der Waals surface area (Å²) < 4.78 is 1.89. The van der Waals surface area contributed by atoms with E-state index in [2.05, 4.69) is 31.0 Å². The second kappa shape index (κ2) is 7.69. The summed E-state index contributed by atoms with van der Waals surface area (Å²) in [6.07, 6.45) is 6.43. The van der Waals surface area contributed by atoms with Gasteiger partial charge in [0, 0.05) is 42.3 Å². The standard InChI is InChI=1S/C23H29N5OS/c1-15-9-11-26(13-15)22-16(2)14-28-21(24-22)12-18(25-28)19-6-4-5-10-27(19)23(29)20-8-7-17(3)30-20/h7-8,12,14-15,19H,4-6,9-11,13H2,1-3H3/t15-,19-/m0/s1. The van der Waals surface area contributed by atoms with Crippen molar-refractivity contribution in [1.82, 2.24) is 19.5 Å². The van der Waals surface area contributed by atoms with Gasteiger partial charge < -0.3 is 9.80 Å². The van der Waals surface area contributed by atoms with Gasteiger partial charge >= 0.3 is 0 Å². The van der Waals surface area contributed by atoms with Gasteiger partial charge in [-0.3, -0.25) is 4.79 Å². The maximum atomic E-state index is 13.2. The predicted octanol–water partition coefficient (Wildman–Crippen LogP) is 4.62. The largest absolute Gasteiger partial charge is 0.356 e. The van der Waals surface area contributed by atoms with Gasteiger partial charge in [-0.1, -0.05) is 6.92 Å². The van der Waals surface area contributed by atoms with Crippen molar-refractivity contribution in [3.05, 3.63) is 45.4 Å². The van der Waals surface area contributed by atoms with Crippen molar-refractivity contribution in [3.8, 4) is 0 Å². The molecule has 0 saturated carbocycles. The highest BCUT2D eigenvalue weighted by Gasteiger charge is 2.31. The summed E-state index contributed by atoms with van der Waals surface area (Å²) in [5.74, 6) is 1.92. The molecule has 0 bridgehead atoms. The molecule has 5 heterocycles. The average molecular weight is 424 g/mol. The third-order valence-electron chi connectivity index (χ3n) is 6.40. The quantitative estimate of drug-likeness (QED) is 0.617. The summed E-state index contributed by atoms with van der Waals surface area (Å²) in [6, 6.07) is 6.07. The molecule has 3 aromatic heterocycles. The number of carbonyl (C=O) groups excluding carboxylic acids is 1. The number of nitrogens with zero attached hydrogens (tertiary/aromatic N) is 5. The molecule has 0 unspecified atom stereocenters. The van der Waals surface area contributed by atoms with E-state index in [-0.39, 0.29) is 11.9 Å². The molecule has 2 aliphatic heterocycles. The minimum absolute atomic E-state index is 0.0194. The Hall–Kier alpha value is -2.41. The minimum atomic E-state index is 0.0194. The monoisotopic (exact) mass is 423 g/mol. The molecule has 1 amide bonds. The Morgan fingerprint density at radius 1 is 1.17 bits per heavy atom. The number of piperidine rings is 1. The van der Waals surface area contributed by atoms with Gasteiger partial charge in [0.05, 0.1) is 16.6 Å². The van der Waals surface area contributed by atoms with E-state index >= 15 is 0 Å². The summed E-state index contributed by atoms with van der Waals surface area (Å²) >= 11 is 1.58. The Labute approximate surface area is 181 Å². The van der Waals surface area contributed by atoms with E-state index < -0.39 is 0 Å². The fraction of sp³-hybridized carbons (Fsp3) is 0.522. The van der Waals surface area contributed by atoms with Crippen LogP contribution in [0.5, 0.6) is 0 Å². The molecule has 0 aliphatic carbocycles. The molecular formula is C23H29N5OS. The molecule has 2 atom stereocenters. The van der Waals surface area contributed by atoms with Crippen LogP contribution in [0.15, 0.2) is 24.4 Å². The zero-order valence-electron chi connectivity index (χ0n) is 18.0. The van der Waals surface area contributed by atoms with Crippen LogP contribution in [0.3, 0.4) is 0 Å². The summed E-state index contributed by atoms with van der Waals surface area (Å²) in [4.78, 5) is 24.6. The van der Waals surface area contributed by atoms with Crippen LogP contribution in [-0.2, 0) is 0 Å². The van der Waals surface area contributed by atoms with E-state index in [0.717, 1.165) is 66.5 Å². The van der Waals surface area contributed by atoms with Gasteiger partial charge in [0.2, 0.25) is 0 Å². The van der Waals surface area contributed by atoms with E-state index in [1.165, 1.54) is 11.3 Å². The molecule has 2 fully saturated rings. The number of carbonyl (C=O) groups is 1. The van der Waals surface area contributed by atoms with Crippen molar-refractivity contribution in [2.45, 2.75) is 52.5 Å². The molecule has 2 saturated heterocycles. The molecule has 7 heteroatoms. The van der Waals surface area contributed by atoms with Gasteiger partial charge in [0.25, 0.3) is 5.91 Å². The fourth-order valence-corrected chi connectivity index (χ4v) is 5.63. The number of amides is 1. The number of hydrogen-bond donors (Lipinski definition) is 0.